The third-order valence-electron chi connectivity index (χ3n) is 3.10. The predicted octanol–water partition coefficient (Wildman–Crippen LogP) is 2.62. The minimum atomic E-state index is -4.56. The molecule has 0 saturated heterocycles. The number of hydrogen-bond donors (Lipinski definition) is 1. The molecule has 1 heterocycles. The van der Waals surface area contributed by atoms with Crippen molar-refractivity contribution in [3.63, 3.8) is 0 Å². The summed E-state index contributed by atoms with van der Waals surface area (Å²) in [7, 11) is 0. The van der Waals surface area contributed by atoms with Crippen molar-refractivity contribution in [2.24, 2.45) is 0 Å². The summed E-state index contributed by atoms with van der Waals surface area (Å²) in [6.07, 6.45) is -6.24. The van der Waals surface area contributed by atoms with Gasteiger partial charge in [0.25, 0.3) is 0 Å². The highest BCUT2D eigenvalue weighted by atomic mass is 35.5. The third-order valence-corrected chi connectivity index (χ3v) is 3.45. The number of fused-ring (bicyclic) bond motifs is 1. The van der Waals surface area contributed by atoms with Crippen molar-refractivity contribution in [3.8, 4) is 0 Å². The minimum absolute atomic E-state index is 0.392. The van der Waals surface area contributed by atoms with Gasteiger partial charge in [0.05, 0.1) is 0 Å². The number of nitrogens with zero attached hydrogens (tertiary/aromatic N) is 1. The Bertz CT molecular complexity index is 436. The first-order valence-electron chi connectivity index (χ1n) is 5.61. The molecule has 0 bridgehead atoms. The molecule has 1 aromatic carbocycles. The molecule has 6 heteroatoms. The van der Waals surface area contributed by atoms with Crippen molar-refractivity contribution in [3.05, 3.63) is 34.3 Å². The summed E-state index contributed by atoms with van der Waals surface area (Å²) in [6, 6.07) is 5.42. The van der Waals surface area contributed by atoms with Gasteiger partial charge in [0, 0.05) is 24.7 Å². The topological polar surface area (TPSA) is 23.5 Å². The van der Waals surface area contributed by atoms with Crippen LogP contribution in [0, 0.1) is 0 Å². The quantitative estimate of drug-likeness (QED) is 0.900. The molecular weight excluding hydrogens is 267 g/mol. The fraction of sp³-hybridized carbons (Fsp3) is 0.500. The maximum Gasteiger partial charge on any atom is 0.415 e. The summed E-state index contributed by atoms with van der Waals surface area (Å²) >= 11 is 6.02. The Morgan fingerprint density at radius 2 is 2.11 bits per heavy atom. The number of rotatable bonds is 2. The van der Waals surface area contributed by atoms with E-state index in [0.29, 0.717) is 24.5 Å². The largest absolute Gasteiger partial charge is 0.415 e. The van der Waals surface area contributed by atoms with E-state index >= 15 is 0 Å². The van der Waals surface area contributed by atoms with Crippen LogP contribution in [0.3, 0.4) is 0 Å². The normalized spacial score (nSPS) is 18.5. The van der Waals surface area contributed by atoms with Crippen LogP contribution in [0.2, 0.25) is 5.02 Å². The highest BCUT2D eigenvalue weighted by Crippen LogP contribution is 2.27. The number of halogens is 4. The second kappa shape index (κ2) is 5.07. The van der Waals surface area contributed by atoms with Crippen LogP contribution in [0.15, 0.2) is 18.2 Å². The molecule has 2 nitrogen and oxygen atoms in total. The Labute approximate surface area is 108 Å². The molecule has 18 heavy (non-hydrogen) atoms. The third kappa shape index (κ3) is 2.96. The molecule has 0 aromatic heterocycles. The summed E-state index contributed by atoms with van der Waals surface area (Å²) in [5.41, 5.74) is 1.93. The number of hydrogen-bond acceptors (Lipinski definition) is 2. The lowest BCUT2D eigenvalue weighted by molar-refractivity contribution is -0.208. The van der Waals surface area contributed by atoms with E-state index in [1.807, 2.05) is 6.07 Å². The van der Waals surface area contributed by atoms with E-state index in [-0.39, 0.29) is 0 Å². The zero-order valence-corrected chi connectivity index (χ0v) is 10.3. The van der Waals surface area contributed by atoms with Crippen LogP contribution >= 0.6 is 11.6 Å². The van der Waals surface area contributed by atoms with Gasteiger partial charge in [-0.15, -0.1) is 0 Å². The monoisotopic (exact) mass is 279 g/mol. The molecule has 1 unspecified atom stereocenters. The van der Waals surface area contributed by atoms with E-state index in [1.54, 1.807) is 17.0 Å². The van der Waals surface area contributed by atoms with Gasteiger partial charge in [-0.05, 0) is 23.6 Å². The van der Waals surface area contributed by atoms with E-state index in [1.165, 1.54) is 0 Å². The second-order valence-electron chi connectivity index (χ2n) is 4.42. The fourth-order valence-corrected chi connectivity index (χ4v) is 2.41. The van der Waals surface area contributed by atoms with E-state index in [9.17, 15) is 13.2 Å². The summed E-state index contributed by atoms with van der Waals surface area (Å²) in [5.74, 6) is 0. The van der Waals surface area contributed by atoms with Gasteiger partial charge in [-0.25, -0.2) is 0 Å². The maximum atomic E-state index is 12.3. The molecule has 1 aliphatic rings. The first-order valence-corrected chi connectivity index (χ1v) is 5.99. The standard InChI is InChI=1S/C12H13ClF3NO/c13-10-3-1-2-8-6-17(5-4-9(8)10)7-11(18)12(14,15)16/h1-3,11,18H,4-7H2. The average Bonchev–Trinajstić information content (AvgIpc) is 2.28. The Balaban J connectivity index is 2.05. The maximum absolute atomic E-state index is 12.3. The van der Waals surface area contributed by atoms with Crippen LogP contribution in [0.5, 0.6) is 0 Å². The highest BCUT2D eigenvalue weighted by Gasteiger charge is 2.39. The lowest BCUT2D eigenvalue weighted by atomic mass is 9.99. The minimum Gasteiger partial charge on any atom is -0.382 e. The first kappa shape index (κ1) is 13.6. The van der Waals surface area contributed by atoms with E-state index in [0.717, 1.165) is 11.1 Å². The van der Waals surface area contributed by atoms with Crippen LogP contribution < -0.4 is 0 Å². The fourth-order valence-electron chi connectivity index (χ4n) is 2.13. The first-order chi connectivity index (χ1) is 8.38. The van der Waals surface area contributed by atoms with Crippen LogP contribution in [0.25, 0.3) is 0 Å². The van der Waals surface area contributed by atoms with Gasteiger partial charge < -0.3 is 5.11 Å². The molecule has 1 aromatic rings. The molecule has 0 radical (unpaired) electrons. The molecule has 0 saturated carbocycles. The molecule has 1 atom stereocenters. The van der Waals surface area contributed by atoms with Crippen LogP contribution in [0.1, 0.15) is 11.1 Å². The van der Waals surface area contributed by atoms with E-state index in [4.69, 9.17) is 16.7 Å². The molecule has 0 spiro atoms. The van der Waals surface area contributed by atoms with Gasteiger partial charge in [-0.3, -0.25) is 4.90 Å². The van der Waals surface area contributed by atoms with Gasteiger partial charge in [-0.1, -0.05) is 23.7 Å². The SMILES string of the molecule is OC(CN1CCc2c(Cl)cccc2C1)C(F)(F)F. The number of β-amino-alcohol motifs (C(OH)–C–C–N with tert-alkyl or cyclic N) is 1. The van der Waals surface area contributed by atoms with Gasteiger partial charge in [0.2, 0.25) is 0 Å². The number of alkyl halides is 3. The van der Waals surface area contributed by atoms with Crippen LogP contribution in [-0.2, 0) is 13.0 Å². The number of aliphatic hydroxyl groups is 1. The Hall–Kier alpha value is -0.780. The van der Waals surface area contributed by atoms with Gasteiger partial charge in [0.1, 0.15) is 0 Å². The molecule has 1 aliphatic heterocycles. The van der Waals surface area contributed by atoms with Gasteiger partial charge >= 0.3 is 6.18 Å². The Morgan fingerprint density at radius 1 is 1.39 bits per heavy atom. The second-order valence-corrected chi connectivity index (χ2v) is 4.83. The molecule has 100 valence electrons. The van der Waals surface area contributed by atoms with Crippen molar-refractivity contribution in [2.45, 2.75) is 25.2 Å². The summed E-state index contributed by atoms with van der Waals surface area (Å²) in [4.78, 5) is 1.59. The van der Waals surface area contributed by atoms with Crippen LogP contribution in [0.4, 0.5) is 13.2 Å². The summed E-state index contributed by atoms with van der Waals surface area (Å²) < 4.78 is 36.8. The molecular formula is C12H13ClF3NO. The zero-order valence-electron chi connectivity index (χ0n) is 9.54. The van der Waals surface area contributed by atoms with Gasteiger partial charge in [0.15, 0.2) is 6.10 Å². The van der Waals surface area contributed by atoms with Gasteiger partial charge in [-0.2, -0.15) is 13.2 Å². The predicted molar refractivity (Wildman–Crippen MR) is 62.5 cm³/mol. The van der Waals surface area contributed by atoms with Crippen molar-refractivity contribution >= 4 is 11.6 Å². The smallest absolute Gasteiger partial charge is 0.382 e. The van der Waals surface area contributed by atoms with E-state index < -0.39 is 18.8 Å². The lowest BCUT2D eigenvalue weighted by Gasteiger charge is -2.31. The van der Waals surface area contributed by atoms with Crippen molar-refractivity contribution in [1.82, 2.24) is 4.90 Å². The molecule has 0 fully saturated rings. The highest BCUT2D eigenvalue weighted by molar-refractivity contribution is 6.31. The lowest BCUT2D eigenvalue weighted by Crippen LogP contribution is -2.42. The summed E-state index contributed by atoms with van der Waals surface area (Å²) in [6.45, 7) is 0.475. The van der Waals surface area contributed by atoms with Crippen molar-refractivity contribution in [1.29, 1.82) is 0 Å². The zero-order chi connectivity index (χ0) is 13.3. The van der Waals surface area contributed by atoms with Crippen molar-refractivity contribution in [2.75, 3.05) is 13.1 Å². The Morgan fingerprint density at radius 3 is 2.78 bits per heavy atom. The molecule has 0 amide bonds. The number of benzene rings is 1. The molecule has 1 N–H and O–H groups in total. The molecule has 2 rings (SSSR count). The molecule has 0 aliphatic carbocycles. The van der Waals surface area contributed by atoms with Crippen LogP contribution in [-0.4, -0.2) is 35.4 Å². The van der Waals surface area contributed by atoms with Crippen molar-refractivity contribution < 1.29 is 18.3 Å². The van der Waals surface area contributed by atoms with E-state index in [2.05, 4.69) is 0 Å². The number of aliphatic hydroxyl groups excluding tert-OH is 1. The average molecular weight is 280 g/mol. The Kier molecular flexibility index (Phi) is 3.84. The summed E-state index contributed by atoms with van der Waals surface area (Å²) in [5, 5.41) is 9.70.